The molecule has 3 heterocycles. The number of ether oxygens (including phenoxy) is 2. The second-order valence-corrected chi connectivity index (χ2v) is 7.67. The van der Waals surface area contributed by atoms with E-state index in [9.17, 15) is 9.59 Å². The first kappa shape index (κ1) is 20.1. The number of fused-ring (bicyclic) bond motifs is 2. The highest BCUT2D eigenvalue weighted by atomic mass is 35.5. The lowest BCUT2D eigenvalue weighted by molar-refractivity contribution is 0.0951. The highest BCUT2D eigenvalue weighted by molar-refractivity contribution is 6.30. The third-order valence-corrected chi connectivity index (χ3v) is 5.38. The molecule has 32 heavy (non-hydrogen) atoms. The van der Waals surface area contributed by atoms with Gasteiger partial charge in [-0.25, -0.2) is 9.67 Å². The largest absolute Gasteiger partial charge is 0.454 e. The van der Waals surface area contributed by atoms with Gasteiger partial charge in [0.15, 0.2) is 17.1 Å². The molecule has 0 saturated carbocycles. The van der Waals surface area contributed by atoms with Crippen LogP contribution in [-0.4, -0.2) is 38.6 Å². The maximum absolute atomic E-state index is 12.8. The SMILES string of the molecule is O=C(NCCn1ncc2c(=O)n(Cc3ccc(Cl)cc3)cnc21)c1ccc2c(c1)OCO2. The summed E-state index contributed by atoms with van der Waals surface area (Å²) in [5.41, 5.74) is 1.71. The van der Waals surface area contributed by atoms with E-state index in [0.717, 1.165) is 5.56 Å². The maximum Gasteiger partial charge on any atom is 0.264 e. The van der Waals surface area contributed by atoms with Crippen LogP contribution in [0.3, 0.4) is 0 Å². The molecule has 0 bridgehead atoms. The average molecular weight is 452 g/mol. The van der Waals surface area contributed by atoms with Crippen molar-refractivity contribution in [3.8, 4) is 11.5 Å². The molecule has 0 atom stereocenters. The number of carbonyl (C=O) groups is 1. The molecule has 0 unspecified atom stereocenters. The number of nitrogens with one attached hydrogen (secondary N) is 1. The van der Waals surface area contributed by atoms with Crippen molar-refractivity contribution in [2.45, 2.75) is 13.1 Å². The van der Waals surface area contributed by atoms with Gasteiger partial charge in [-0.15, -0.1) is 0 Å². The molecule has 0 radical (unpaired) electrons. The molecule has 1 aliphatic heterocycles. The van der Waals surface area contributed by atoms with Crippen molar-refractivity contribution < 1.29 is 14.3 Å². The average Bonchev–Trinajstić information content (AvgIpc) is 3.44. The van der Waals surface area contributed by atoms with Crippen LogP contribution in [0.4, 0.5) is 0 Å². The third-order valence-electron chi connectivity index (χ3n) is 5.13. The lowest BCUT2D eigenvalue weighted by atomic mass is 10.2. The second-order valence-electron chi connectivity index (χ2n) is 7.23. The van der Waals surface area contributed by atoms with Gasteiger partial charge in [-0.3, -0.25) is 14.2 Å². The van der Waals surface area contributed by atoms with Crippen molar-refractivity contribution in [3.05, 3.63) is 81.5 Å². The lowest BCUT2D eigenvalue weighted by Crippen LogP contribution is -2.27. The van der Waals surface area contributed by atoms with Crippen molar-refractivity contribution in [1.29, 1.82) is 0 Å². The second kappa shape index (κ2) is 8.35. The van der Waals surface area contributed by atoms with Crippen LogP contribution in [0.15, 0.2) is 59.8 Å². The van der Waals surface area contributed by atoms with Gasteiger partial charge in [0.25, 0.3) is 11.5 Å². The van der Waals surface area contributed by atoms with Crippen LogP contribution >= 0.6 is 11.6 Å². The summed E-state index contributed by atoms with van der Waals surface area (Å²) in [6, 6.07) is 12.3. The van der Waals surface area contributed by atoms with Crippen LogP contribution < -0.4 is 20.3 Å². The fraction of sp³-hybridized carbons (Fsp3) is 0.182. The van der Waals surface area contributed by atoms with Crippen molar-refractivity contribution in [2.24, 2.45) is 0 Å². The zero-order valence-corrected chi connectivity index (χ0v) is 17.6. The fourth-order valence-electron chi connectivity index (χ4n) is 3.48. The minimum atomic E-state index is -0.238. The van der Waals surface area contributed by atoms with Gasteiger partial charge in [0.1, 0.15) is 11.7 Å². The van der Waals surface area contributed by atoms with Crippen LogP contribution in [-0.2, 0) is 13.1 Å². The van der Waals surface area contributed by atoms with Gasteiger partial charge in [0.2, 0.25) is 6.79 Å². The Labute approximate surface area is 187 Å². The van der Waals surface area contributed by atoms with E-state index in [4.69, 9.17) is 21.1 Å². The number of hydrogen-bond acceptors (Lipinski definition) is 6. The summed E-state index contributed by atoms with van der Waals surface area (Å²) in [5.74, 6) is 0.935. The molecule has 1 amide bonds. The van der Waals surface area contributed by atoms with Crippen LogP contribution in [0.2, 0.25) is 5.02 Å². The number of halogens is 1. The van der Waals surface area contributed by atoms with Gasteiger partial charge in [-0.05, 0) is 35.9 Å². The Morgan fingerprint density at radius 3 is 2.78 bits per heavy atom. The quantitative estimate of drug-likeness (QED) is 0.483. The zero-order valence-electron chi connectivity index (χ0n) is 16.8. The molecule has 0 saturated heterocycles. The summed E-state index contributed by atoms with van der Waals surface area (Å²) in [4.78, 5) is 29.6. The maximum atomic E-state index is 12.8. The van der Waals surface area contributed by atoms with Gasteiger partial charge < -0.3 is 14.8 Å². The van der Waals surface area contributed by atoms with Crippen LogP contribution in [0.1, 0.15) is 15.9 Å². The van der Waals surface area contributed by atoms with Crippen LogP contribution in [0.25, 0.3) is 11.0 Å². The number of carbonyl (C=O) groups excluding carboxylic acids is 1. The minimum absolute atomic E-state index is 0.154. The normalized spacial score (nSPS) is 12.3. The summed E-state index contributed by atoms with van der Waals surface area (Å²) < 4.78 is 13.7. The Hall–Kier alpha value is -3.85. The summed E-state index contributed by atoms with van der Waals surface area (Å²) >= 11 is 5.92. The Balaban J connectivity index is 1.26. The zero-order chi connectivity index (χ0) is 22.1. The third kappa shape index (κ3) is 3.90. The van der Waals surface area contributed by atoms with Crippen molar-refractivity contribution in [2.75, 3.05) is 13.3 Å². The molecule has 4 aromatic rings. The molecule has 2 aromatic heterocycles. The van der Waals surface area contributed by atoms with Crippen LogP contribution in [0, 0.1) is 0 Å². The van der Waals surface area contributed by atoms with Gasteiger partial charge in [-0.1, -0.05) is 23.7 Å². The summed E-state index contributed by atoms with van der Waals surface area (Å²) in [7, 11) is 0. The number of rotatable bonds is 6. The van der Waals surface area contributed by atoms with Crippen LogP contribution in [0.5, 0.6) is 11.5 Å². The molecule has 162 valence electrons. The summed E-state index contributed by atoms with van der Waals surface area (Å²) in [6.45, 7) is 1.23. The minimum Gasteiger partial charge on any atom is -0.454 e. The number of aromatic nitrogens is 4. The smallest absolute Gasteiger partial charge is 0.264 e. The van der Waals surface area contributed by atoms with E-state index >= 15 is 0 Å². The molecular weight excluding hydrogens is 434 g/mol. The first-order valence-corrected chi connectivity index (χ1v) is 10.3. The topological polar surface area (TPSA) is 100 Å². The van der Waals surface area contributed by atoms with Crippen molar-refractivity contribution in [1.82, 2.24) is 24.6 Å². The number of benzene rings is 2. The first-order chi connectivity index (χ1) is 15.6. The van der Waals surface area contributed by atoms with Crippen molar-refractivity contribution >= 4 is 28.5 Å². The molecule has 10 heteroatoms. The Morgan fingerprint density at radius 2 is 1.94 bits per heavy atom. The highest BCUT2D eigenvalue weighted by Crippen LogP contribution is 2.32. The molecule has 1 aliphatic rings. The molecule has 5 rings (SSSR count). The van der Waals surface area contributed by atoms with E-state index in [2.05, 4.69) is 15.4 Å². The van der Waals surface area contributed by atoms with E-state index < -0.39 is 0 Å². The molecule has 0 fully saturated rings. The number of nitrogens with zero attached hydrogens (tertiary/aromatic N) is 4. The van der Waals surface area contributed by atoms with Gasteiger partial charge in [0, 0.05) is 17.1 Å². The van der Waals surface area contributed by atoms with E-state index in [0.29, 0.717) is 52.8 Å². The Bertz CT molecular complexity index is 1360. The molecular formula is C22H18ClN5O4. The predicted molar refractivity (Wildman–Crippen MR) is 117 cm³/mol. The predicted octanol–water partition coefficient (Wildman–Crippen LogP) is 2.45. The molecule has 1 N–H and O–H groups in total. The van der Waals surface area contributed by atoms with E-state index in [1.165, 1.54) is 17.1 Å². The van der Waals surface area contributed by atoms with Gasteiger partial charge in [-0.2, -0.15) is 5.10 Å². The van der Waals surface area contributed by atoms with E-state index in [1.807, 2.05) is 12.1 Å². The van der Waals surface area contributed by atoms with Gasteiger partial charge >= 0.3 is 0 Å². The number of amides is 1. The van der Waals surface area contributed by atoms with E-state index in [-0.39, 0.29) is 18.3 Å². The molecule has 9 nitrogen and oxygen atoms in total. The Kier molecular flexibility index (Phi) is 5.24. The summed E-state index contributed by atoms with van der Waals surface area (Å²) in [5, 5.41) is 8.17. The molecule has 0 aliphatic carbocycles. The fourth-order valence-corrected chi connectivity index (χ4v) is 3.60. The number of hydrogen-bond donors (Lipinski definition) is 1. The first-order valence-electron chi connectivity index (χ1n) is 9.92. The highest BCUT2D eigenvalue weighted by Gasteiger charge is 2.16. The standard InChI is InChI=1S/C22H18ClN5O4/c23-16-4-1-14(2-5-16)11-27-12-25-20-17(22(27)30)10-26-28(20)8-7-24-21(29)15-3-6-18-19(9-15)32-13-31-18/h1-6,9-10,12H,7-8,11,13H2,(H,24,29). The lowest BCUT2D eigenvalue weighted by Gasteiger charge is -2.08. The molecule has 0 spiro atoms. The molecule has 2 aromatic carbocycles. The summed E-state index contributed by atoms with van der Waals surface area (Å²) in [6.07, 6.45) is 3.01. The van der Waals surface area contributed by atoms with Crippen molar-refractivity contribution in [3.63, 3.8) is 0 Å². The van der Waals surface area contributed by atoms with E-state index in [1.54, 1.807) is 35.0 Å². The Morgan fingerprint density at radius 1 is 1.12 bits per heavy atom. The monoisotopic (exact) mass is 451 g/mol. The van der Waals surface area contributed by atoms with Gasteiger partial charge in [0.05, 0.1) is 19.3 Å².